The normalized spacial score (nSPS) is 10.1. The molecule has 1 aromatic rings. The Morgan fingerprint density at radius 1 is 1.26 bits per heavy atom. The maximum Gasteiger partial charge on any atom is 2.00 e. The van der Waals surface area contributed by atoms with Crippen molar-refractivity contribution < 1.29 is 39.6 Å². The minimum Gasteiger partial charge on any atom is -1.00 e. The van der Waals surface area contributed by atoms with Crippen molar-refractivity contribution in [2.24, 2.45) is 0 Å². The van der Waals surface area contributed by atoms with Crippen molar-refractivity contribution >= 4 is 23.1 Å². The minimum absolute atomic E-state index is 0. The molecule has 104 valence electrons. The molecule has 1 rings (SSSR count). The number of rotatable bonds is 6. The molecule has 0 saturated heterocycles. The van der Waals surface area contributed by atoms with E-state index in [2.05, 4.69) is 17.7 Å². The first-order valence-electron chi connectivity index (χ1n) is 5.41. The topological polar surface area (TPSA) is 18.5 Å². The number of hydrogen-bond donors (Lipinski definition) is 0. The van der Waals surface area contributed by atoms with Gasteiger partial charge in [0, 0.05) is 11.5 Å². The van der Waals surface area contributed by atoms with Crippen molar-refractivity contribution in [3.63, 3.8) is 0 Å². The number of benzene rings is 1. The van der Waals surface area contributed by atoms with Gasteiger partial charge in [0.1, 0.15) is 0 Å². The zero-order chi connectivity index (χ0) is 12.7. The van der Waals surface area contributed by atoms with E-state index < -0.39 is 6.36 Å². The molecule has 0 heterocycles. The molecule has 0 aromatic heterocycles. The van der Waals surface area contributed by atoms with Crippen LogP contribution in [0.1, 0.15) is 26.2 Å². The van der Waals surface area contributed by atoms with Gasteiger partial charge < -0.3 is 26.5 Å². The van der Waals surface area contributed by atoms with E-state index in [1.807, 2.05) is 0 Å². The van der Waals surface area contributed by atoms with Gasteiger partial charge in [0.25, 0.3) is 0 Å². The van der Waals surface area contributed by atoms with E-state index in [1.165, 1.54) is 18.2 Å². The Morgan fingerprint density at radius 2 is 1.95 bits per heavy atom. The largest absolute Gasteiger partial charge is 2.00 e. The molecule has 0 spiro atoms. The Hall–Kier alpha value is -0.144. The molecule has 0 bridgehead atoms. The molecule has 0 amide bonds. The number of unbranched alkanes of at least 4 members (excludes halogenated alkanes) is 2. The van der Waals surface area contributed by atoms with Crippen LogP contribution in [0, 0.1) is 6.07 Å². The van der Waals surface area contributed by atoms with Gasteiger partial charge in [-0.3, -0.25) is 0 Å². The first-order chi connectivity index (χ1) is 8.01. The third-order valence-electron chi connectivity index (χ3n) is 1.99. The van der Waals surface area contributed by atoms with Crippen LogP contribution in [0.4, 0.5) is 13.2 Å². The van der Waals surface area contributed by atoms with Crippen molar-refractivity contribution in [2.45, 2.75) is 32.5 Å². The van der Waals surface area contributed by atoms with Gasteiger partial charge in [-0.1, -0.05) is 25.8 Å². The summed E-state index contributed by atoms with van der Waals surface area (Å²) in [6.45, 7) is 2.53. The molecule has 0 unspecified atom stereocenters. The van der Waals surface area contributed by atoms with Crippen LogP contribution < -0.4 is 26.5 Å². The SMILES string of the molecule is CCCCCOc1[c-]ccc(OC(F)(F)F)c1.[Br-].[Mg+2]. The molecule has 0 aliphatic heterocycles. The summed E-state index contributed by atoms with van der Waals surface area (Å²) in [4.78, 5) is 0. The predicted molar refractivity (Wildman–Crippen MR) is 62.7 cm³/mol. The fourth-order valence-corrected chi connectivity index (χ4v) is 1.24. The Kier molecular flexibility index (Phi) is 11.8. The summed E-state index contributed by atoms with van der Waals surface area (Å²) >= 11 is 0. The number of alkyl halides is 3. The van der Waals surface area contributed by atoms with E-state index in [9.17, 15) is 13.2 Å². The van der Waals surface area contributed by atoms with Gasteiger partial charge in [-0.25, -0.2) is 0 Å². The molecule has 0 aliphatic carbocycles. The summed E-state index contributed by atoms with van der Waals surface area (Å²) in [5.74, 6) is -0.0235. The monoisotopic (exact) mass is 350 g/mol. The van der Waals surface area contributed by atoms with Crippen LogP contribution in [0.3, 0.4) is 0 Å². The first kappa shape index (κ1) is 21.2. The molecule has 19 heavy (non-hydrogen) atoms. The van der Waals surface area contributed by atoms with E-state index in [0.29, 0.717) is 6.61 Å². The minimum atomic E-state index is -4.68. The van der Waals surface area contributed by atoms with Crippen LogP contribution in [0.2, 0.25) is 0 Å². The van der Waals surface area contributed by atoms with Gasteiger partial charge in [-0.05, 0) is 6.42 Å². The summed E-state index contributed by atoms with van der Waals surface area (Å²) in [7, 11) is 0. The van der Waals surface area contributed by atoms with Crippen LogP contribution in [-0.2, 0) is 0 Å². The van der Waals surface area contributed by atoms with Gasteiger partial charge in [-0.15, -0.1) is 25.3 Å². The average Bonchev–Trinajstić information content (AvgIpc) is 2.23. The molecule has 0 aliphatic rings. The molecular formula is C12H14BrF3MgO2. The van der Waals surface area contributed by atoms with E-state index in [-0.39, 0.29) is 51.5 Å². The Morgan fingerprint density at radius 3 is 2.53 bits per heavy atom. The maximum absolute atomic E-state index is 12.0. The Bertz CT molecular complexity index is 348. The quantitative estimate of drug-likeness (QED) is 0.424. The van der Waals surface area contributed by atoms with Crippen molar-refractivity contribution in [1.82, 2.24) is 0 Å². The first-order valence-corrected chi connectivity index (χ1v) is 5.41. The van der Waals surface area contributed by atoms with Gasteiger partial charge in [0.05, 0.1) is 6.61 Å². The zero-order valence-electron chi connectivity index (χ0n) is 10.6. The summed E-state index contributed by atoms with van der Waals surface area (Å²) in [5, 5.41) is 0. The molecule has 0 N–H and O–H groups in total. The summed E-state index contributed by atoms with van der Waals surface area (Å²) in [5.41, 5.74) is 0. The van der Waals surface area contributed by atoms with E-state index in [4.69, 9.17) is 4.74 Å². The van der Waals surface area contributed by atoms with Gasteiger partial charge in [-0.2, -0.15) is 6.07 Å². The fraction of sp³-hybridized carbons (Fsp3) is 0.500. The standard InChI is InChI=1S/C12H14F3O2.BrH.Mg/c1-2-3-4-8-16-10-6-5-7-11(9-10)17-12(13,14)15;;/h5,7,9H,2-4,8H2,1H3;1H;/q-1;;+2/p-1. The smallest absolute Gasteiger partial charge is 1.00 e. The Balaban J connectivity index is 0. The number of hydrogen-bond acceptors (Lipinski definition) is 2. The molecule has 1 aromatic carbocycles. The molecule has 0 saturated carbocycles. The van der Waals surface area contributed by atoms with Crippen molar-refractivity contribution in [3.05, 3.63) is 24.3 Å². The van der Waals surface area contributed by atoms with Crippen LogP contribution >= 0.6 is 0 Å². The summed E-state index contributed by atoms with van der Waals surface area (Å²) < 4.78 is 44.9. The second-order valence-electron chi connectivity index (χ2n) is 3.49. The van der Waals surface area contributed by atoms with Crippen LogP contribution in [0.5, 0.6) is 11.5 Å². The fourth-order valence-electron chi connectivity index (χ4n) is 1.24. The average molecular weight is 351 g/mol. The molecule has 0 atom stereocenters. The molecular weight excluding hydrogens is 337 g/mol. The van der Waals surface area contributed by atoms with E-state index in [0.717, 1.165) is 19.3 Å². The third-order valence-corrected chi connectivity index (χ3v) is 1.99. The molecule has 0 fully saturated rings. The molecule has 0 radical (unpaired) electrons. The van der Waals surface area contributed by atoms with Gasteiger partial charge in [0.2, 0.25) is 0 Å². The van der Waals surface area contributed by atoms with Crippen LogP contribution in [-0.4, -0.2) is 36.0 Å². The Labute approximate surface area is 137 Å². The van der Waals surface area contributed by atoms with Crippen molar-refractivity contribution in [1.29, 1.82) is 0 Å². The second-order valence-corrected chi connectivity index (χ2v) is 3.49. The van der Waals surface area contributed by atoms with E-state index >= 15 is 0 Å². The molecule has 2 nitrogen and oxygen atoms in total. The summed E-state index contributed by atoms with van der Waals surface area (Å²) in [6.07, 6.45) is -1.72. The van der Waals surface area contributed by atoms with Crippen molar-refractivity contribution in [3.8, 4) is 11.5 Å². The molecule has 7 heteroatoms. The third kappa shape index (κ3) is 10.3. The van der Waals surface area contributed by atoms with Crippen LogP contribution in [0.25, 0.3) is 0 Å². The second kappa shape index (κ2) is 10.6. The maximum atomic E-state index is 12.0. The summed E-state index contributed by atoms with van der Waals surface area (Å²) in [6, 6.07) is 6.41. The van der Waals surface area contributed by atoms with Gasteiger partial charge in [0.15, 0.2) is 0 Å². The van der Waals surface area contributed by atoms with Crippen LogP contribution in [0.15, 0.2) is 18.2 Å². The van der Waals surface area contributed by atoms with E-state index in [1.54, 1.807) is 0 Å². The zero-order valence-corrected chi connectivity index (χ0v) is 13.6. The van der Waals surface area contributed by atoms with Crippen molar-refractivity contribution in [2.75, 3.05) is 6.61 Å². The van der Waals surface area contributed by atoms with Gasteiger partial charge >= 0.3 is 29.4 Å². The number of halogens is 4. The predicted octanol–water partition coefficient (Wildman–Crippen LogP) is 0.578. The number of ether oxygens (including phenoxy) is 2.